The number of amides is 1. The second kappa shape index (κ2) is 12.5. The second-order valence-electron chi connectivity index (χ2n) is 10.0. The molecule has 2 aromatic carbocycles. The van der Waals surface area contributed by atoms with Crippen molar-refractivity contribution in [2.24, 2.45) is 12.0 Å². The first-order valence-electron chi connectivity index (χ1n) is 13.1. The maximum Gasteiger partial charge on any atom is 0.338 e. The van der Waals surface area contributed by atoms with Crippen molar-refractivity contribution in [2.45, 2.75) is 32.9 Å². The molecule has 0 radical (unpaired) electrons. The maximum absolute atomic E-state index is 13.2. The molecule has 1 aliphatic rings. The summed E-state index contributed by atoms with van der Waals surface area (Å²) >= 11 is 6.87. The number of imidazole rings is 1. The Balaban J connectivity index is 1.51. The largest absolute Gasteiger partial charge is 0.465 e. The van der Waals surface area contributed by atoms with Gasteiger partial charge in [0.25, 0.3) is 5.91 Å². The van der Waals surface area contributed by atoms with E-state index in [1.807, 2.05) is 55.8 Å². The smallest absolute Gasteiger partial charge is 0.338 e. The minimum atomic E-state index is -0.505. The highest BCUT2D eigenvalue weighted by Gasteiger charge is 2.24. The van der Waals surface area contributed by atoms with Gasteiger partial charge in [0.15, 0.2) is 5.82 Å². The fourth-order valence-electron chi connectivity index (χ4n) is 4.78. The van der Waals surface area contributed by atoms with Crippen LogP contribution in [-0.2, 0) is 29.5 Å². The van der Waals surface area contributed by atoms with Crippen molar-refractivity contribution in [3.63, 3.8) is 0 Å². The number of ether oxygens (including phenoxy) is 1. The van der Waals surface area contributed by atoms with Crippen LogP contribution in [0, 0.1) is 6.92 Å². The Morgan fingerprint density at radius 3 is 2.62 bits per heavy atom. The lowest BCUT2D eigenvalue weighted by Crippen LogP contribution is -2.27. The number of rotatable bonds is 9. The fourth-order valence-corrected chi connectivity index (χ4v) is 5.05. The molecule has 0 fully saturated rings. The maximum atomic E-state index is 13.2. The molecule has 4 rings (SSSR count). The highest BCUT2D eigenvalue weighted by molar-refractivity contribution is 6.36. The van der Waals surface area contributed by atoms with Gasteiger partial charge in [0, 0.05) is 55.8 Å². The number of aromatic nitrogens is 2. The molecule has 2 heterocycles. The number of aliphatic imine (C=N–C) groups is 1. The zero-order valence-electron chi connectivity index (χ0n) is 23.5. The third kappa shape index (κ3) is 6.26. The van der Waals surface area contributed by atoms with Crippen LogP contribution in [0.4, 0.5) is 11.4 Å². The molecule has 10 heteroatoms. The number of likely N-dealkylation sites (N-methyl/N-ethyl adjacent to an activating group) is 1. The third-order valence-corrected chi connectivity index (χ3v) is 7.40. The van der Waals surface area contributed by atoms with E-state index in [0.717, 1.165) is 53.3 Å². The Kier molecular flexibility index (Phi) is 9.07. The summed E-state index contributed by atoms with van der Waals surface area (Å²) < 4.78 is 6.52. The monoisotopic (exact) mass is 562 g/mol. The van der Waals surface area contributed by atoms with Gasteiger partial charge in [-0.1, -0.05) is 42.4 Å². The summed E-state index contributed by atoms with van der Waals surface area (Å²) in [4.78, 5) is 35.8. The van der Waals surface area contributed by atoms with Crippen molar-refractivity contribution < 1.29 is 14.3 Å². The van der Waals surface area contributed by atoms with Crippen LogP contribution in [-0.4, -0.2) is 65.8 Å². The molecule has 9 nitrogen and oxygen atoms in total. The topological polar surface area (TPSA) is 101 Å². The van der Waals surface area contributed by atoms with Crippen LogP contribution in [0.1, 0.15) is 34.5 Å². The number of esters is 1. The molecule has 3 aromatic rings. The lowest BCUT2D eigenvalue weighted by molar-refractivity contribution is -0.135. The van der Waals surface area contributed by atoms with Gasteiger partial charge in [0.1, 0.15) is 0 Å². The van der Waals surface area contributed by atoms with E-state index in [1.165, 1.54) is 13.3 Å². The number of halogens is 1. The standard InChI is InChI=1S/C30H35ClN6O3/c1-18(30(39)40-6)15-32-16-19(2)33-23-11-7-9-21(20(23)3)22-10-8-12-24(27(22)31)35-29(38)28-34-25-17-36(4)14-13-26(25)37(28)5/h7-12,15,19,33H,1,13-14,16-17H2,2-6H3,(H,35,38). The number of hydrogen-bond donors (Lipinski definition) is 2. The SMILES string of the molecule is C=C(C=NCC(C)Nc1cccc(-c2cccc(NC(=O)c3nc4c(n3C)CCN(C)C4)c2Cl)c1C)C(=O)OC. The Morgan fingerprint density at radius 2 is 1.90 bits per heavy atom. The molecule has 1 atom stereocenters. The molecular weight excluding hydrogens is 528 g/mol. The van der Waals surface area contributed by atoms with Gasteiger partial charge >= 0.3 is 5.97 Å². The van der Waals surface area contributed by atoms with Crippen LogP contribution in [0.2, 0.25) is 5.02 Å². The zero-order chi connectivity index (χ0) is 29.0. The first-order valence-corrected chi connectivity index (χ1v) is 13.4. The first-order chi connectivity index (χ1) is 19.1. The van der Waals surface area contributed by atoms with Crippen LogP contribution in [0.15, 0.2) is 53.5 Å². The molecule has 1 amide bonds. The average Bonchev–Trinajstić information content (AvgIpc) is 3.26. The summed E-state index contributed by atoms with van der Waals surface area (Å²) in [5, 5.41) is 6.89. The van der Waals surface area contributed by atoms with Gasteiger partial charge in [0.2, 0.25) is 0 Å². The van der Waals surface area contributed by atoms with Crippen molar-refractivity contribution in [3.8, 4) is 11.1 Å². The number of anilines is 2. The predicted molar refractivity (Wildman–Crippen MR) is 160 cm³/mol. The van der Waals surface area contributed by atoms with Gasteiger partial charge in [-0.3, -0.25) is 9.79 Å². The number of carbonyl (C=O) groups excluding carboxylic acids is 2. The Morgan fingerprint density at radius 1 is 1.20 bits per heavy atom. The molecule has 0 saturated carbocycles. The molecule has 40 heavy (non-hydrogen) atoms. The Labute approximate surface area is 239 Å². The van der Waals surface area contributed by atoms with E-state index in [4.69, 9.17) is 11.6 Å². The quantitative estimate of drug-likeness (QED) is 0.219. The summed E-state index contributed by atoms with van der Waals surface area (Å²) in [6.45, 7) is 9.77. The normalized spacial score (nSPS) is 14.1. The number of methoxy groups -OCH3 is 1. The molecule has 1 aromatic heterocycles. The van der Waals surface area contributed by atoms with Gasteiger partial charge in [-0.05, 0) is 44.2 Å². The van der Waals surface area contributed by atoms with Crippen LogP contribution in [0.3, 0.4) is 0 Å². The summed E-state index contributed by atoms with van der Waals surface area (Å²) in [6, 6.07) is 11.5. The van der Waals surface area contributed by atoms with Crippen molar-refractivity contribution in [1.29, 1.82) is 0 Å². The van der Waals surface area contributed by atoms with E-state index in [0.29, 0.717) is 23.1 Å². The lowest BCUT2D eigenvalue weighted by atomic mass is 9.98. The van der Waals surface area contributed by atoms with E-state index in [-0.39, 0.29) is 17.5 Å². The van der Waals surface area contributed by atoms with Gasteiger partial charge in [0.05, 0.1) is 35.6 Å². The minimum absolute atomic E-state index is 0.0138. The molecule has 1 aliphatic heterocycles. The Hall–Kier alpha value is -3.95. The number of nitrogens with one attached hydrogen (secondary N) is 2. The summed E-state index contributed by atoms with van der Waals surface area (Å²) in [5.41, 5.74) is 6.44. The highest BCUT2D eigenvalue weighted by atomic mass is 35.5. The zero-order valence-corrected chi connectivity index (χ0v) is 24.3. The molecule has 0 spiro atoms. The predicted octanol–water partition coefficient (Wildman–Crippen LogP) is 4.89. The van der Waals surface area contributed by atoms with Gasteiger partial charge in [-0.15, -0.1) is 0 Å². The van der Waals surface area contributed by atoms with E-state index in [2.05, 4.69) is 43.9 Å². The number of hydrogen-bond acceptors (Lipinski definition) is 7. The van der Waals surface area contributed by atoms with Crippen molar-refractivity contribution in [1.82, 2.24) is 14.5 Å². The van der Waals surface area contributed by atoms with E-state index < -0.39 is 5.97 Å². The van der Waals surface area contributed by atoms with Crippen LogP contribution >= 0.6 is 11.6 Å². The van der Waals surface area contributed by atoms with E-state index in [9.17, 15) is 9.59 Å². The highest BCUT2D eigenvalue weighted by Crippen LogP contribution is 2.37. The van der Waals surface area contributed by atoms with E-state index in [1.54, 1.807) is 6.07 Å². The van der Waals surface area contributed by atoms with Gasteiger partial charge in [-0.25, -0.2) is 9.78 Å². The Bertz CT molecular complexity index is 1480. The van der Waals surface area contributed by atoms with Crippen molar-refractivity contribution >= 4 is 41.1 Å². The van der Waals surface area contributed by atoms with E-state index >= 15 is 0 Å². The van der Waals surface area contributed by atoms with Gasteiger partial charge < -0.3 is 24.8 Å². The van der Waals surface area contributed by atoms with Crippen LogP contribution in [0.5, 0.6) is 0 Å². The number of fused-ring (bicyclic) bond motifs is 1. The molecular formula is C30H35ClN6O3. The minimum Gasteiger partial charge on any atom is -0.465 e. The molecule has 2 N–H and O–H groups in total. The summed E-state index contributed by atoms with van der Waals surface area (Å²) in [7, 11) is 5.24. The number of nitrogens with zero attached hydrogens (tertiary/aromatic N) is 4. The fraction of sp³-hybridized carbons (Fsp3) is 0.333. The second-order valence-corrected chi connectivity index (χ2v) is 10.4. The molecule has 0 saturated heterocycles. The van der Waals surface area contributed by atoms with Crippen molar-refractivity contribution in [2.75, 3.05) is 37.9 Å². The third-order valence-electron chi connectivity index (χ3n) is 7.00. The number of carbonyl (C=O) groups is 2. The van der Waals surface area contributed by atoms with Crippen LogP contribution < -0.4 is 10.6 Å². The lowest BCUT2D eigenvalue weighted by Gasteiger charge is -2.21. The number of benzene rings is 2. The summed E-state index contributed by atoms with van der Waals surface area (Å²) in [5.74, 6) is -0.430. The molecule has 1 unspecified atom stereocenters. The molecule has 0 bridgehead atoms. The summed E-state index contributed by atoms with van der Waals surface area (Å²) in [6.07, 6.45) is 2.28. The average molecular weight is 563 g/mol. The van der Waals surface area contributed by atoms with Gasteiger partial charge in [-0.2, -0.15) is 0 Å². The molecule has 0 aliphatic carbocycles. The molecule has 210 valence electrons. The van der Waals surface area contributed by atoms with Crippen molar-refractivity contribution in [3.05, 3.63) is 76.3 Å². The first kappa shape index (κ1) is 29.0. The van der Waals surface area contributed by atoms with Crippen LogP contribution in [0.25, 0.3) is 11.1 Å².